The smallest absolute Gasteiger partial charge is 0.409 e. The number of amides is 1. The molecule has 0 saturated heterocycles. The topological polar surface area (TPSA) is 62.4 Å². The van der Waals surface area contributed by atoms with Gasteiger partial charge >= 0.3 is 6.09 Å². The standard InChI is InChI=1S/C12H12N2O3/c1-14(2)12(16)17-10-7-11(15)13-9-6-4-3-5-8(9)10/h3-7H,1-2H3,(H,13,15). The number of aromatic nitrogens is 1. The van der Waals surface area contributed by atoms with Crippen molar-refractivity contribution in [1.82, 2.24) is 9.88 Å². The van der Waals surface area contributed by atoms with Crippen molar-refractivity contribution in [2.75, 3.05) is 14.1 Å². The van der Waals surface area contributed by atoms with E-state index in [4.69, 9.17) is 4.74 Å². The highest BCUT2D eigenvalue weighted by Gasteiger charge is 2.10. The maximum Gasteiger partial charge on any atom is 0.414 e. The number of H-pyrrole nitrogens is 1. The van der Waals surface area contributed by atoms with E-state index in [0.29, 0.717) is 10.9 Å². The van der Waals surface area contributed by atoms with Crippen molar-refractivity contribution in [3.8, 4) is 5.75 Å². The van der Waals surface area contributed by atoms with Gasteiger partial charge in [-0.2, -0.15) is 0 Å². The van der Waals surface area contributed by atoms with Crippen LogP contribution in [0.4, 0.5) is 4.79 Å². The number of nitrogens with zero attached hydrogens (tertiary/aromatic N) is 1. The first kappa shape index (κ1) is 11.2. The predicted molar refractivity (Wildman–Crippen MR) is 64.3 cm³/mol. The lowest BCUT2D eigenvalue weighted by Gasteiger charge is -2.11. The summed E-state index contributed by atoms with van der Waals surface area (Å²) in [6, 6.07) is 8.42. The first-order valence-electron chi connectivity index (χ1n) is 5.09. The SMILES string of the molecule is CN(C)C(=O)Oc1cc(=O)[nH]c2ccccc12. The zero-order valence-corrected chi connectivity index (χ0v) is 9.56. The highest BCUT2D eigenvalue weighted by Crippen LogP contribution is 2.21. The van der Waals surface area contributed by atoms with Crippen molar-refractivity contribution in [3.63, 3.8) is 0 Å². The van der Waals surface area contributed by atoms with Crippen molar-refractivity contribution >= 4 is 17.0 Å². The van der Waals surface area contributed by atoms with Crippen molar-refractivity contribution in [2.45, 2.75) is 0 Å². The Bertz CT molecular complexity index is 616. The van der Waals surface area contributed by atoms with E-state index in [1.165, 1.54) is 11.0 Å². The van der Waals surface area contributed by atoms with E-state index >= 15 is 0 Å². The molecule has 1 N–H and O–H groups in total. The van der Waals surface area contributed by atoms with Gasteiger partial charge in [-0.1, -0.05) is 12.1 Å². The number of rotatable bonds is 1. The summed E-state index contributed by atoms with van der Waals surface area (Å²) in [5, 5.41) is 0.697. The van der Waals surface area contributed by atoms with Gasteiger partial charge in [0.2, 0.25) is 0 Å². The molecule has 1 aromatic carbocycles. The molecule has 0 aliphatic heterocycles. The van der Waals surface area contributed by atoms with Gasteiger partial charge in [0, 0.05) is 25.5 Å². The van der Waals surface area contributed by atoms with Gasteiger partial charge in [0.1, 0.15) is 5.75 Å². The molecule has 2 rings (SSSR count). The van der Waals surface area contributed by atoms with E-state index in [1.807, 2.05) is 6.07 Å². The van der Waals surface area contributed by atoms with Crippen LogP contribution < -0.4 is 10.3 Å². The summed E-state index contributed by atoms with van der Waals surface area (Å²) in [6.07, 6.45) is -0.513. The van der Waals surface area contributed by atoms with Gasteiger partial charge in [0.15, 0.2) is 0 Å². The molecule has 0 spiro atoms. The van der Waals surface area contributed by atoms with Gasteiger partial charge in [-0.05, 0) is 12.1 Å². The second-order valence-corrected chi connectivity index (χ2v) is 3.81. The number of para-hydroxylation sites is 1. The highest BCUT2D eigenvalue weighted by molar-refractivity contribution is 5.87. The van der Waals surface area contributed by atoms with E-state index in [1.54, 1.807) is 32.3 Å². The number of carbonyl (C=O) groups excluding carboxylic acids is 1. The molecule has 0 saturated carbocycles. The molecular formula is C12H12N2O3. The Morgan fingerprint density at radius 1 is 1.29 bits per heavy atom. The number of aromatic amines is 1. The minimum Gasteiger partial charge on any atom is -0.409 e. The summed E-state index contributed by atoms with van der Waals surface area (Å²) in [5.41, 5.74) is 0.340. The fourth-order valence-electron chi connectivity index (χ4n) is 1.44. The molecular weight excluding hydrogens is 220 g/mol. The summed E-state index contributed by atoms with van der Waals surface area (Å²) in [5.74, 6) is 0.267. The Morgan fingerprint density at radius 3 is 2.71 bits per heavy atom. The molecule has 0 aliphatic rings. The number of nitrogens with one attached hydrogen (secondary N) is 1. The summed E-state index contributed by atoms with van der Waals surface area (Å²) in [7, 11) is 3.16. The summed E-state index contributed by atoms with van der Waals surface area (Å²) < 4.78 is 5.14. The molecule has 0 atom stereocenters. The van der Waals surface area contributed by atoms with E-state index in [9.17, 15) is 9.59 Å². The molecule has 0 radical (unpaired) electrons. The van der Waals surface area contributed by atoms with Crippen LogP contribution in [0.25, 0.3) is 10.9 Å². The van der Waals surface area contributed by atoms with Crippen LogP contribution >= 0.6 is 0 Å². The number of hydrogen-bond acceptors (Lipinski definition) is 3. The van der Waals surface area contributed by atoms with Crippen LogP contribution in [0.3, 0.4) is 0 Å². The molecule has 17 heavy (non-hydrogen) atoms. The number of benzene rings is 1. The molecule has 0 bridgehead atoms. The van der Waals surface area contributed by atoms with Crippen LogP contribution in [0.1, 0.15) is 0 Å². The molecule has 5 heteroatoms. The zero-order valence-electron chi connectivity index (χ0n) is 9.56. The minimum absolute atomic E-state index is 0.267. The van der Waals surface area contributed by atoms with Crippen LogP contribution in [0.15, 0.2) is 35.1 Å². The molecule has 0 unspecified atom stereocenters. The van der Waals surface area contributed by atoms with Gasteiger partial charge in [-0.3, -0.25) is 4.79 Å². The lowest BCUT2D eigenvalue weighted by Crippen LogP contribution is -2.25. The Labute approximate surface area is 97.6 Å². The Hall–Kier alpha value is -2.30. The molecule has 1 amide bonds. The average Bonchev–Trinajstić information content (AvgIpc) is 2.28. The van der Waals surface area contributed by atoms with Gasteiger partial charge in [0.05, 0.1) is 5.52 Å². The maximum absolute atomic E-state index is 11.5. The lowest BCUT2D eigenvalue weighted by molar-refractivity contribution is 0.172. The largest absolute Gasteiger partial charge is 0.414 e. The average molecular weight is 232 g/mol. The fourth-order valence-corrected chi connectivity index (χ4v) is 1.44. The summed E-state index contributed by atoms with van der Waals surface area (Å²) in [4.78, 5) is 26.8. The normalized spacial score (nSPS) is 10.2. The molecule has 88 valence electrons. The van der Waals surface area contributed by atoms with E-state index in [0.717, 1.165) is 0 Å². The molecule has 1 heterocycles. The van der Waals surface area contributed by atoms with E-state index in [-0.39, 0.29) is 11.3 Å². The van der Waals surface area contributed by atoms with Crippen molar-refractivity contribution in [1.29, 1.82) is 0 Å². The van der Waals surface area contributed by atoms with Gasteiger partial charge in [-0.25, -0.2) is 4.79 Å². The third kappa shape index (κ3) is 2.28. The third-order valence-corrected chi connectivity index (χ3v) is 2.27. The summed E-state index contributed by atoms with van der Waals surface area (Å²) in [6.45, 7) is 0. The Kier molecular flexibility index (Phi) is 2.82. The van der Waals surface area contributed by atoms with Gasteiger partial charge in [-0.15, -0.1) is 0 Å². The van der Waals surface area contributed by atoms with Crippen LogP contribution in [-0.2, 0) is 0 Å². The van der Waals surface area contributed by atoms with Crippen LogP contribution in [0.2, 0.25) is 0 Å². The molecule has 0 fully saturated rings. The molecule has 0 aliphatic carbocycles. The number of carbonyl (C=O) groups is 1. The van der Waals surface area contributed by atoms with Gasteiger partial charge < -0.3 is 14.6 Å². The number of hydrogen-bond donors (Lipinski definition) is 1. The molecule has 1 aromatic heterocycles. The maximum atomic E-state index is 11.5. The Morgan fingerprint density at radius 2 is 2.00 bits per heavy atom. The van der Waals surface area contributed by atoms with Gasteiger partial charge in [0.25, 0.3) is 5.56 Å². The minimum atomic E-state index is -0.513. The summed E-state index contributed by atoms with van der Waals surface area (Å²) >= 11 is 0. The number of pyridine rings is 1. The van der Waals surface area contributed by atoms with Crippen LogP contribution in [-0.4, -0.2) is 30.1 Å². The van der Waals surface area contributed by atoms with Crippen molar-refractivity contribution < 1.29 is 9.53 Å². The first-order valence-corrected chi connectivity index (χ1v) is 5.09. The number of ether oxygens (including phenoxy) is 1. The van der Waals surface area contributed by atoms with Crippen molar-refractivity contribution in [3.05, 3.63) is 40.7 Å². The molecule has 5 nitrogen and oxygen atoms in total. The number of fused-ring (bicyclic) bond motifs is 1. The monoisotopic (exact) mass is 232 g/mol. The second-order valence-electron chi connectivity index (χ2n) is 3.81. The predicted octanol–water partition coefficient (Wildman–Crippen LogP) is 1.59. The highest BCUT2D eigenvalue weighted by atomic mass is 16.6. The first-order chi connectivity index (χ1) is 8.08. The third-order valence-electron chi connectivity index (χ3n) is 2.27. The molecule has 2 aromatic rings. The Balaban J connectivity index is 2.53. The van der Waals surface area contributed by atoms with Crippen LogP contribution in [0.5, 0.6) is 5.75 Å². The van der Waals surface area contributed by atoms with E-state index < -0.39 is 6.09 Å². The van der Waals surface area contributed by atoms with Crippen molar-refractivity contribution in [2.24, 2.45) is 0 Å². The van der Waals surface area contributed by atoms with E-state index in [2.05, 4.69) is 4.98 Å². The second kappa shape index (κ2) is 4.29. The lowest BCUT2D eigenvalue weighted by atomic mass is 10.2. The quantitative estimate of drug-likeness (QED) is 0.812. The fraction of sp³-hybridized carbons (Fsp3) is 0.167. The zero-order chi connectivity index (χ0) is 12.4. The van der Waals surface area contributed by atoms with Crippen LogP contribution in [0, 0.1) is 0 Å².